The second-order valence-electron chi connectivity index (χ2n) is 8.33. The number of aromatic hydroxyl groups is 1. The molecular weight excluding hydrogens is 403 g/mol. The molecule has 8 heteroatoms. The molecule has 2 bridgehead atoms. The zero-order valence-corrected chi connectivity index (χ0v) is 17.0. The number of phenols is 1. The van der Waals surface area contributed by atoms with Crippen molar-refractivity contribution in [3.63, 3.8) is 0 Å². The van der Waals surface area contributed by atoms with Crippen LogP contribution in [-0.4, -0.2) is 41.7 Å². The van der Waals surface area contributed by atoms with Gasteiger partial charge < -0.3 is 20.5 Å². The van der Waals surface area contributed by atoms with E-state index in [0.717, 1.165) is 44.9 Å². The second-order valence-corrected chi connectivity index (χ2v) is 9.18. The Bertz CT molecular complexity index is 783. The van der Waals surface area contributed by atoms with E-state index in [0.29, 0.717) is 18.2 Å². The fraction of sp³-hybridized carbons (Fsp3) is 0.600. The molecule has 1 aliphatic heterocycles. The lowest BCUT2D eigenvalue weighted by Crippen LogP contribution is -2.60. The van der Waals surface area contributed by atoms with Crippen LogP contribution in [0.15, 0.2) is 12.1 Å². The summed E-state index contributed by atoms with van der Waals surface area (Å²) in [5.74, 6) is -0.523. The van der Waals surface area contributed by atoms with Gasteiger partial charge in [-0.2, -0.15) is 0 Å². The number of halogens is 2. The van der Waals surface area contributed by atoms with Crippen LogP contribution in [-0.2, 0) is 9.53 Å². The van der Waals surface area contributed by atoms with Crippen molar-refractivity contribution < 1.29 is 19.4 Å². The third-order valence-corrected chi connectivity index (χ3v) is 7.15. The summed E-state index contributed by atoms with van der Waals surface area (Å²) >= 11 is 11.9. The van der Waals surface area contributed by atoms with Gasteiger partial charge in [-0.25, -0.2) is 0 Å². The van der Waals surface area contributed by atoms with Crippen molar-refractivity contribution in [2.75, 3.05) is 13.2 Å². The number of amides is 2. The van der Waals surface area contributed by atoms with E-state index in [1.54, 1.807) is 0 Å². The van der Waals surface area contributed by atoms with Crippen molar-refractivity contribution in [3.8, 4) is 5.75 Å². The Hall–Kier alpha value is -1.50. The number of carbonyl (C=O) groups is 2. The van der Waals surface area contributed by atoms with Crippen LogP contribution in [0, 0.1) is 5.41 Å². The molecule has 2 amide bonds. The number of hydrogen-bond donors (Lipinski definition) is 3. The molecule has 1 unspecified atom stereocenters. The smallest absolute Gasteiger partial charge is 0.255 e. The van der Waals surface area contributed by atoms with E-state index >= 15 is 0 Å². The summed E-state index contributed by atoms with van der Waals surface area (Å²) in [6.07, 6.45) is 5.32. The van der Waals surface area contributed by atoms with Gasteiger partial charge >= 0.3 is 0 Å². The fourth-order valence-corrected chi connectivity index (χ4v) is 5.24. The minimum atomic E-state index is -0.385. The Kier molecular flexibility index (Phi) is 5.23. The third-order valence-electron chi connectivity index (χ3n) is 6.64. The molecule has 1 aromatic carbocycles. The Morgan fingerprint density at radius 1 is 1.11 bits per heavy atom. The molecule has 0 radical (unpaired) electrons. The first-order valence-corrected chi connectivity index (χ1v) is 10.5. The molecule has 6 nitrogen and oxygen atoms in total. The lowest BCUT2D eigenvalue weighted by Gasteiger charge is -2.52. The van der Waals surface area contributed by atoms with Crippen LogP contribution in [0.4, 0.5) is 0 Å². The van der Waals surface area contributed by atoms with Gasteiger partial charge in [-0.3, -0.25) is 9.59 Å². The Morgan fingerprint density at radius 2 is 1.79 bits per heavy atom. The lowest BCUT2D eigenvalue weighted by molar-refractivity contribution is -0.138. The van der Waals surface area contributed by atoms with Crippen LogP contribution in [0.5, 0.6) is 5.75 Å². The van der Waals surface area contributed by atoms with Gasteiger partial charge in [0.1, 0.15) is 5.75 Å². The van der Waals surface area contributed by atoms with Gasteiger partial charge in [-0.05, 0) is 57.1 Å². The first-order chi connectivity index (χ1) is 13.3. The largest absolute Gasteiger partial charge is 0.506 e. The van der Waals surface area contributed by atoms with Gasteiger partial charge in [-0.15, -0.1) is 0 Å². The molecule has 3 aliphatic carbocycles. The van der Waals surface area contributed by atoms with Crippen molar-refractivity contribution >= 4 is 35.0 Å². The van der Waals surface area contributed by atoms with Crippen LogP contribution in [0.3, 0.4) is 0 Å². The van der Waals surface area contributed by atoms with Crippen LogP contribution in [0.2, 0.25) is 10.0 Å². The summed E-state index contributed by atoms with van der Waals surface area (Å²) in [4.78, 5) is 25.7. The van der Waals surface area contributed by atoms with Crippen LogP contribution >= 0.6 is 23.2 Å². The summed E-state index contributed by atoms with van der Waals surface area (Å²) < 4.78 is 5.35. The van der Waals surface area contributed by atoms with Crippen LogP contribution in [0.25, 0.3) is 0 Å². The fourth-order valence-electron chi connectivity index (χ4n) is 4.75. The highest BCUT2D eigenvalue weighted by atomic mass is 35.5. The Morgan fingerprint density at radius 3 is 2.39 bits per heavy atom. The van der Waals surface area contributed by atoms with E-state index in [-0.39, 0.29) is 45.1 Å². The maximum atomic E-state index is 12.9. The maximum Gasteiger partial charge on any atom is 0.255 e. The van der Waals surface area contributed by atoms with Crippen LogP contribution in [0.1, 0.15) is 55.3 Å². The van der Waals surface area contributed by atoms with E-state index in [2.05, 4.69) is 10.6 Å². The molecule has 4 fully saturated rings. The van der Waals surface area contributed by atoms with Gasteiger partial charge in [0, 0.05) is 22.6 Å². The van der Waals surface area contributed by atoms with Crippen molar-refractivity contribution in [1.82, 2.24) is 10.6 Å². The average molecular weight is 427 g/mol. The van der Waals surface area contributed by atoms with Crippen molar-refractivity contribution in [2.24, 2.45) is 5.41 Å². The third kappa shape index (κ3) is 3.58. The number of phenolic OH excluding ortho intramolecular Hbond substituents is 1. The number of benzene rings is 1. The topological polar surface area (TPSA) is 87.7 Å². The van der Waals surface area contributed by atoms with Crippen molar-refractivity contribution in [3.05, 3.63) is 27.7 Å². The summed E-state index contributed by atoms with van der Waals surface area (Å²) in [7, 11) is 0. The SMILES string of the molecule is O=C(NC12CCC(C(=O)NC3CCOC3)(CC1)CC2)c1cc(Cl)cc(Cl)c1O. The van der Waals surface area contributed by atoms with Gasteiger partial charge in [0.05, 0.1) is 23.2 Å². The maximum absolute atomic E-state index is 12.9. The molecule has 0 aromatic heterocycles. The zero-order chi connectivity index (χ0) is 19.9. The van der Waals surface area contributed by atoms with E-state index in [4.69, 9.17) is 27.9 Å². The molecule has 1 saturated heterocycles. The minimum absolute atomic E-state index is 0.0500. The monoisotopic (exact) mass is 426 g/mol. The van der Waals surface area contributed by atoms with E-state index in [1.807, 2.05) is 0 Å². The number of nitrogens with one attached hydrogen (secondary N) is 2. The lowest BCUT2D eigenvalue weighted by atomic mass is 9.56. The molecule has 1 aromatic rings. The molecule has 1 atom stereocenters. The molecule has 0 spiro atoms. The first kappa shape index (κ1) is 19.8. The predicted octanol–water partition coefficient (Wildman–Crippen LogP) is 3.43. The Labute approximate surface area is 173 Å². The summed E-state index contributed by atoms with van der Waals surface area (Å²) in [6, 6.07) is 2.93. The molecule has 5 rings (SSSR count). The molecule has 1 heterocycles. The highest BCUT2D eigenvalue weighted by Gasteiger charge is 2.53. The first-order valence-electron chi connectivity index (χ1n) is 9.72. The zero-order valence-electron chi connectivity index (χ0n) is 15.5. The molecule has 152 valence electrons. The van der Waals surface area contributed by atoms with E-state index in [1.165, 1.54) is 12.1 Å². The molecule has 28 heavy (non-hydrogen) atoms. The average Bonchev–Trinajstić information content (AvgIpc) is 3.19. The van der Waals surface area contributed by atoms with E-state index in [9.17, 15) is 14.7 Å². The van der Waals surface area contributed by atoms with Gasteiger partial charge in [0.25, 0.3) is 5.91 Å². The minimum Gasteiger partial charge on any atom is -0.506 e. The van der Waals surface area contributed by atoms with Gasteiger partial charge in [0.2, 0.25) is 5.91 Å². The quantitative estimate of drug-likeness (QED) is 0.687. The van der Waals surface area contributed by atoms with E-state index < -0.39 is 0 Å². The summed E-state index contributed by atoms with van der Waals surface area (Å²) in [5, 5.41) is 16.7. The van der Waals surface area contributed by atoms with Gasteiger partial charge in [0.15, 0.2) is 0 Å². The van der Waals surface area contributed by atoms with Crippen molar-refractivity contribution in [1.29, 1.82) is 0 Å². The van der Waals surface area contributed by atoms with Gasteiger partial charge in [-0.1, -0.05) is 23.2 Å². The standard InChI is InChI=1S/C20H24Cl2N2O4/c21-12-9-14(16(25)15(22)10-12)17(26)24-20-5-2-19(3-6-20,4-7-20)18(27)23-13-1-8-28-11-13/h9-10,13,25H,1-8,11H2,(H,23,27)(H,24,26). The van der Waals surface area contributed by atoms with Crippen molar-refractivity contribution in [2.45, 2.75) is 56.5 Å². The normalized spacial score (nSPS) is 31.6. The Balaban J connectivity index is 1.42. The van der Waals surface area contributed by atoms with Crippen LogP contribution < -0.4 is 10.6 Å². The molecular formula is C20H24Cl2N2O4. The number of carbonyl (C=O) groups excluding carboxylic acids is 2. The summed E-state index contributed by atoms with van der Waals surface area (Å²) in [5.41, 5.74) is -0.610. The number of rotatable bonds is 4. The second kappa shape index (κ2) is 7.39. The number of ether oxygens (including phenoxy) is 1. The number of hydrogen-bond acceptors (Lipinski definition) is 4. The molecule has 3 N–H and O–H groups in total. The summed E-state index contributed by atoms with van der Waals surface area (Å²) in [6.45, 7) is 1.29. The number of fused-ring (bicyclic) bond motifs is 3. The highest BCUT2D eigenvalue weighted by Crippen LogP contribution is 2.52. The predicted molar refractivity (Wildman–Crippen MR) is 106 cm³/mol. The highest BCUT2D eigenvalue weighted by molar-refractivity contribution is 6.36. The molecule has 4 aliphatic rings. The molecule has 3 saturated carbocycles.